The molecule has 0 N–H and O–H groups in total. The van der Waals surface area contributed by atoms with Crippen LogP contribution in [0.5, 0.6) is 0 Å². The first-order valence-corrected chi connectivity index (χ1v) is 13.7. The van der Waals surface area contributed by atoms with Crippen molar-refractivity contribution < 1.29 is 0 Å². The molecule has 0 fully saturated rings. The molecule has 6 aromatic rings. The van der Waals surface area contributed by atoms with Crippen LogP contribution in [0.25, 0.3) is 56.5 Å². The number of fused-ring (bicyclic) bond motifs is 6. The molecule has 0 unspecified atom stereocenters. The second-order valence-corrected chi connectivity index (χ2v) is 11.1. The highest BCUT2D eigenvalue weighted by atomic mass is 15.0. The Morgan fingerprint density at radius 3 is 2.12 bits per heavy atom. The quantitative estimate of drug-likeness (QED) is 0.239. The van der Waals surface area contributed by atoms with Gasteiger partial charge in [-0.1, -0.05) is 92.7 Å². The topological polar surface area (TPSA) is 51.6 Å². The Morgan fingerprint density at radius 1 is 0.550 bits per heavy atom. The first kappa shape index (κ1) is 23.0. The van der Waals surface area contributed by atoms with Gasteiger partial charge >= 0.3 is 0 Å². The Hall–Kier alpha value is -4.96. The van der Waals surface area contributed by atoms with Crippen molar-refractivity contribution in [3.8, 4) is 56.5 Å². The molecule has 40 heavy (non-hydrogen) atoms. The van der Waals surface area contributed by atoms with Crippen LogP contribution in [0, 0.1) is 0 Å². The molecule has 2 aliphatic carbocycles. The predicted molar refractivity (Wildman–Crippen MR) is 160 cm³/mol. The minimum atomic E-state index is -0.224. The van der Waals surface area contributed by atoms with Gasteiger partial charge < -0.3 is 0 Å². The fraction of sp³-hybridized carbons (Fsp3) is 0.111. The summed E-state index contributed by atoms with van der Waals surface area (Å²) in [6.07, 6.45) is 2.76. The average molecular weight is 515 g/mol. The highest BCUT2D eigenvalue weighted by Gasteiger charge is 2.39. The smallest absolute Gasteiger partial charge is 0.182 e. The van der Waals surface area contributed by atoms with Gasteiger partial charge in [-0.25, -0.2) is 15.0 Å². The van der Waals surface area contributed by atoms with E-state index >= 15 is 0 Å². The largest absolute Gasteiger partial charge is 0.253 e. The van der Waals surface area contributed by atoms with Crippen molar-refractivity contribution in [1.82, 2.24) is 19.9 Å². The molecule has 8 rings (SSSR count). The molecule has 0 bridgehead atoms. The van der Waals surface area contributed by atoms with Gasteiger partial charge in [0, 0.05) is 22.7 Å². The van der Waals surface area contributed by atoms with Crippen LogP contribution in [0.4, 0.5) is 0 Å². The number of hydrogen-bond acceptors (Lipinski definition) is 4. The van der Waals surface area contributed by atoms with E-state index in [1.54, 1.807) is 6.20 Å². The van der Waals surface area contributed by atoms with Crippen LogP contribution in [0.15, 0.2) is 109 Å². The van der Waals surface area contributed by atoms with Crippen molar-refractivity contribution in [3.05, 3.63) is 132 Å². The molecule has 0 amide bonds. The van der Waals surface area contributed by atoms with E-state index in [0.717, 1.165) is 23.2 Å². The van der Waals surface area contributed by atoms with E-state index in [9.17, 15) is 0 Å². The van der Waals surface area contributed by atoms with Crippen molar-refractivity contribution in [2.75, 3.05) is 0 Å². The lowest BCUT2D eigenvalue weighted by atomic mass is 9.79. The highest BCUT2D eigenvalue weighted by molar-refractivity contribution is 5.91. The van der Waals surface area contributed by atoms with Gasteiger partial charge in [0.2, 0.25) is 0 Å². The lowest BCUT2D eigenvalue weighted by molar-refractivity contribution is 0.661. The third kappa shape index (κ3) is 3.39. The van der Waals surface area contributed by atoms with Crippen LogP contribution in [0.1, 0.15) is 36.1 Å². The zero-order valence-electron chi connectivity index (χ0n) is 22.4. The first-order chi connectivity index (χ1) is 19.6. The Kier molecular flexibility index (Phi) is 4.89. The van der Waals surface area contributed by atoms with Gasteiger partial charge in [0.1, 0.15) is 5.69 Å². The van der Waals surface area contributed by atoms with E-state index < -0.39 is 0 Å². The predicted octanol–water partition coefficient (Wildman–Crippen LogP) is 8.15. The van der Waals surface area contributed by atoms with Crippen LogP contribution in [-0.2, 0) is 11.8 Å². The van der Waals surface area contributed by atoms with Crippen molar-refractivity contribution in [2.24, 2.45) is 0 Å². The Balaban J connectivity index is 1.34. The van der Waals surface area contributed by atoms with Gasteiger partial charge in [0.05, 0.1) is 0 Å². The summed E-state index contributed by atoms with van der Waals surface area (Å²) >= 11 is 0. The minimum absolute atomic E-state index is 0.224. The molecule has 0 saturated heterocycles. The van der Waals surface area contributed by atoms with Gasteiger partial charge in [0.15, 0.2) is 17.5 Å². The highest BCUT2D eigenvalue weighted by Crippen LogP contribution is 2.54. The number of benzene rings is 4. The van der Waals surface area contributed by atoms with Crippen molar-refractivity contribution in [2.45, 2.75) is 25.7 Å². The van der Waals surface area contributed by atoms with E-state index in [2.05, 4.69) is 73.4 Å². The molecule has 0 radical (unpaired) electrons. The maximum absolute atomic E-state index is 5.05. The number of nitrogens with zero attached hydrogens (tertiary/aromatic N) is 4. The number of rotatable bonds is 3. The normalized spacial score (nSPS) is 13.8. The number of aromatic nitrogens is 4. The van der Waals surface area contributed by atoms with Gasteiger partial charge in [-0.2, -0.15) is 0 Å². The summed E-state index contributed by atoms with van der Waals surface area (Å²) in [6.45, 7) is 4.65. The molecular weight excluding hydrogens is 488 g/mol. The summed E-state index contributed by atoms with van der Waals surface area (Å²) in [6, 6.07) is 36.1. The maximum Gasteiger partial charge on any atom is 0.182 e. The van der Waals surface area contributed by atoms with Crippen molar-refractivity contribution >= 4 is 0 Å². The Morgan fingerprint density at radius 2 is 1.27 bits per heavy atom. The lowest BCUT2D eigenvalue weighted by Gasteiger charge is -2.24. The number of hydrogen-bond donors (Lipinski definition) is 0. The van der Waals surface area contributed by atoms with Crippen LogP contribution in [0.3, 0.4) is 0 Å². The lowest BCUT2D eigenvalue weighted by Crippen LogP contribution is -2.17. The standard InChI is InChI=1S/C36H26N4/c1-36(2)30-21-28-24(19-23-13-6-7-14-25(23)28)20-29(30)26-15-10-16-27(32(26)36)34-38-33(22-11-4-3-5-12-22)39-35(40-34)31-17-8-9-18-37-31/h3-18,20-21H,19H2,1-2H3. The molecule has 0 saturated carbocycles. The molecule has 4 heteroatoms. The first-order valence-electron chi connectivity index (χ1n) is 13.7. The zero-order chi connectivity index (χ0) is 26.8. The monoisotopic (exact) mass is 514 g/mol. The number of pyridine rings is 1. The summed E-state index contributed by atoms with van der Waals surface area (Å²) in [4.78, 5) is 19.5. The molecule has 190 valence electrons. The van der Waals surface area contributed by atoms with E-state index in [-0.39, 0.29) is 5.41 Å². The Bertz CT molecular complexity index is 1880. The zero-order valence-corrected chi connectivity index (χ0v) is 22.4. The summed E-state index contributed by atoms with van der Waals surface area (Å²) in [5, 5.41) is 0. The van der Waals surface area contributed by atoms with Crippen LogP contribution < -0.4 is 0 Å². The fourth-order valence-electron chi connectivity index (χ4n) is 6.52. The summed E-state index contributed by atoms with van der Waals surface area (Å²) in [5.74, 6) is 1.89. The summed E-state index contributed by atoms with van der Waals surface area (Å²) < 4.78 is 0. The van der Waals surface area contributed by atoms with Gasteiger partial charge in [-0.15, -0.1) is 0 Å². The molecule has 0 aliphatic heterocycles. The molecule has 4 nitrogen and oxygen atoms in total. The molecule has 0 atom stereocenters. The Labute approximate surface area is 233 Å². The van der Waals surface area contributed by atoms with Crippen molar-refractivity contribution in [1.29, 1.82) is 0 Å². The van der Waals surface area contributed by atoms with E-state index in [1.165, 1.54) is 44.5 Å². The molecule has 2 aromatic heterocycles. The molecular formula is C36H26N4. The summed E-state index contributed by atoms with van der Waals surface area (Å²) in [7, 11) is 0. The maximum atomic E-state index is 5.05. The third-order valence-electron chi connectivity index (χ3n) is 8.39. The van der Waals surface area contributed by atoms with Gasteiger partial charge in [0.25, 0.3) is 0 Å². The van der Waals surface area contributed by atoms with E-state index in [1.807, 2.05) is 48.5 Å². The fourth-order valence-corrected chi connectivity index (χ4v) is 6.52. The van der Waals surface area contributed by atoms with E-state index in [0.29, 0.717) is 17.5 Å². The van der Waals surface area contributed by atoms with Crippen LogP contribution in [0.2, 0.25) is 0 Å². The van der Waals surface area contributed by atoms with Crippen LogP contribution >= 0.6 is 0 Å². The molecule has 2 heterocycles. The van der Waals surface area contributed by atoms with Crippen molar-refractivity contribution in [3.63, 3.8) is 0 Å². The second kappa shape index (κ2) is 8.52. The van der Waals surface area contributed by atoms with Gasteiger partial charge in [-0.05, 0) is 75.2 Å². The van der Waals surface area contributed by atoms with E-state index in [4.69, 9.17) is 15.0 Å². The molecule has 4 aromatic carbocycles. The minimum Gasteiger partial charge on any atom is -0.253 e. The summed E-state index contributed by atoms with van der Waals surface area (Å²) in [5.41, 5.74) is 13.2. The average Bonchev–Trinajstić information content (AvgIpc) is 3.48. The SMILES string of the molecule is CC1(C)c2cc3c(cc2-c2cccc(-c4nc(-c5ccccc5)nc(-c5ccccn5)n4)c21)Cc1ccccc1-3. The molecule has 2 aliphatic rings. The van der Waals surface area contributed by atoms with Gasteiger partial charge in [-0.3, -0.25) is 4.98 Å². The second-order valence-electron chi connectivity index (χ2n) is 11.1. The third-order valence-corrected chi connectivity index (χ3v) is 8.39. The van der Waals surface area contributed by atoms with Crippen LogP contribution in [-0.4, -0.2) is 19.9 Å². The molecule has 0 spiro atoms.